The highest BCUT2D eigenvalue weighted by Gasteiger charge is 2.18. The zero-order valence-electron chi connectivity index (χ0n) is 12.7. The number of benzene rings is 1. The highest BCUT2D eigenvalue weighted by Crippen LogP contribution is 2.23. The summed E-state index contributed by atoms with van der Waals surface area (Å²) >= 11 is 1.21. The SMILES string of the molecule is CCc1ccc(S(=O)(=O)NCc2nnc(-c3ccccc3F)o2)s1. The largest absolute Gasteiger partial charge is 0.419 e. The molecule has 0 atom stereocenters. The Balaban J connectivity index is 1.72. The van der Waals surface area contributed by atoms with E-state index in [1.165, 1.54) is 23.5 Å². The summed E-state index contributed by atoms with van der Waals surface area (Å²) in [4.78, 5) is 0.981. The molecule has 0 amide bonds. The lowest BCUT2D eigenvalue weighted by atomic mass is 10.2. The fourth-order valence-electron chi connectivity index (χ4n) is 1.99. The molecule has 3 aromatic rings. The zero-order valence-corrected chi connectivity index (χ0v) is 14.3. The molecule has 126 valence electrons. The maximum absolute atomic E-state index is 13.7. The van der Waals surface area contributed by atoms with Crippen LogP contribution < -0.4 is 4.72 Å². The summed E-state index contributed by atoms with van der Waals surface area (Å²) < 4.78 is 46.1. The first-order chi connectivity index (χ1) is 11.5. The number of sulfonamides is 1. The van der Waals surface area contributed by atoms with Gasteiger partial charge in [-0.3, -0.25) is 0 Å². The lowest BCUT2D eigenvalue weighted by Gasteiger charge is -2.01. The van der Waals surface area contributed by atoms with E-state index in [2.05, 4.69) is 14.9 Å². The maximum Gasteiger partial charge on any atom is 0.250 e. The van der Waals surface area contributed by atoms with Crippen LogP contribution in [0.5, 0.6) is 0 Å². The van der Waals surface area contributed by atoms with Crippen LogP contribution in [0.15, 0.2) is 45.0 Å². The van der Waals surface area contributed by atoms with Gasteiger partial charge in [-0.25, -0.2) is 17.5 Å². The van der Waals surface area contributed by atoms with Gasteiger partial charge in [0.05, 0.1) is 12.1 Å². The number of aryl methyl sites for hydroxylation is 1. The van der Waals surface area contributed by atoms with Crippen LogP contribution in [0.3, 0.4) is 0 Å². The van der Waals surface area contributed by atoms with Crippen LogP contribution in [0.2, 0.25) is 0 Å². The number of rotatable bonds is 6. The highest BCUT2D eigenvalue weighted by molar-refractivity contribution is 7.91. The summed E-state index contributed by atoms with van der Waals surface area (Å²) in [5.41, 5.74) is 0.171. The van der Waals surface area contributed by atoms with Crippen molar-refractivity contribution in [3.63, 3.8) is 0 Å². The van der Waals surface area contributed by atoms with Crippen molar-refractivity contribution < 1.29 is 17.2 Å². The molecule has 2 aromatic heterocycles. The average molecular weight is 367 g/mol. The Kier molecular flexibility index (Phi) is 4.74. The quantitative estimate of drug-likeness (QED) is 0.724. The second kappa shape index (κ2) is 6.80. The van der Waals surface area contributed by atoms with E-state index < -0.39 is 15.8 Å². The number of thiophene rings is 1. The zero-order chi connectivity index (χ0) is 17.2. The van der Waals surface area contributed by atoms with Gasteiger partial charge < -0.3 is 4.42 Å². The Labute approximate surface area is 142 Å². The molecule has 6 nitrogen and oxygen atoms in total. The van der Waals surface area contributed by atoms with Gasteiger partial charge in [-0.1, -0.05) is 19.1 Å². The third-order valence-corrected chi connectivity index (χ3v) is 6.36. The second-order valence-corrected chi connectivity index (χ2v) is 8.04. The lowest BCUT2D eigenvalue weighted by molar-refractivity contribution is 0.491. The van der Waals surface area contributed by atoms with Crippen molar-refractivity contribution >= 4 is 21.4 Å². The first-order valence-electron chi connectivity index (χ1n) is 7.15. The summed E-state index contributed by atoms with van der Waals surface area (Å²) in [6.45, 7) is 1.79. The van der Waals surface area contributed by atoms with Crippen molar-refractivity contribution in [1.82, 2.24) is 14.9 Å². The summed E-state index contributed by atoms with van der Waals surface area (Å²) in [6, 6.07) is 9.33. The van der Waals surface area contributed by atoms with E-state index >= 15 is 0 Å². The van der Waals surface area contributed by atoms with Gasteiger partial charge in [-0.15, -0.1) is 21.5 Å². The summed E-state index contributed by atoms with van der Waals surface area (Å²) in [6.07, 6.45) is 0.774. The number of aromatic nitrogens is 2. The Morgan fingerprint density at radius 3 is 2.71 bits per heavy atom. The average Bonchev–Trinajstić information content (AvgIpc) is 3.23. The van der Waals surface area contributed by atoms with Crippen LogP contribution in [-0.2, 0) is 23.0 Å². The van der Waals surface area contributed by atoms with Crippen LogP contribution in [0.25, 0.3) is 11.5 Å². The van der Waals surface area contributed by atoms with Crippen LogP contribution in [0, 0.1) is 5.82 Å². The molecule has 24 heavy (non-hydrogen) atoms. The standard InChI is InChI=1S/C15H14FN3O3S2/c1-2-10-7-8-14(23-10)24(20,21)17-9-13-18-19-15(22-13)11-5-3-4-6-12(11)16/h3-8,17H,2,9H2,1H3. The van der Waals surface area contributed by atoms with E-state index in [0.717, 1.165) is 11.3 Å². The Morgan fingerprint density at radius 2 is 2.00 bits per heavy atom. The molecule has 0 fully saturated rings. The fourth-order valence-corrected chi connectivity index (χ4v) is 4.30. The molecular formula is C15H14FN3O3S2. The molecule has 2 heterocycles. The first kappa shape index (κ1) is 16.7. The molecule has 0 aliphatic rings. The van der Waals surface area contributed by atoms with Crippen LogP contribution in [0.1, 0.15) is 17.7 Å². The van der Waals surface area contributed by atoms with E-state index in [1.54, 1.807) is 24.3 Å². The molecule has 0 bridgehead atoms. The lowest BCUT2D eigenvalue weighted by Crippen LogP contribution is -2.22. The molecular weight excluding hydrogens is 353 g/mol. The van der Waals surface area contributed by atoms with Crippen molar-refractivity contribution in [2.24, 2.45) is 0 Å². The topological polar surface area (TPSA) is 85.1 Å². The number of nitrogens with one attached hydrogen (secondary N) is 1. The van der Waals surface area contributed by atoms with E-state index in [0.29, 0.717) is 0 Å². The number of halogens is 1. The molecule has 1 N–H and O–H groups in total. The van der Waals surface area contributed by atoms with E-state index in [4.69, 9.17) is 4.42 Å². The van der Waals surface area contributed by atoms with Gasteiger partial charge in [0.1, 0.15) is 10.0 Å². The summed E-state index contributed by atoms with van der Waals surface area (Å²) in [5.74, 6) is -0.422. The molecule has 3 rings (SSSR count). The molecule has 0 unspecified atom stereocenters. The second-order valence-electron chi connectivity index (χ2n) is 4.88. The molecule has 0 saturated carbocycles. The predicted molar refractivity (Wildman–Crippen MR) is 87.4 cm³/mol. The minimum absolute atomic E-state index is 0.00620. The monoisotopic (exact) mass is 367 g/mol. The molecule has 0 saturated heterocycles. The smallest absolute Gasteiger partial charge is 0.250 e. The van der Waals surface area contributed by atoms with Crippen molar-refractivity contribution in [2.75, 3.05) is 0 Å². The van der Waals surface area contributed by atoms with Gasteiger partial charge in [0.25, 0.3) is 15.9 Å². The van der Waals surface area contributed by atoms with Crippen molar-refractivity contribution in [2.45, 2.75) is 24.1 Å². The third-order valence-electron chi connectivity index (χ3n) is 3.23. The molecule has 0 aliphatic carbocycles. The molecule has 0 radical (unpaired) electrons. The van der Waals surface area contributed by atoms with E-state index in [1.807, 2.05) is 6.92 Å². The third kappa shape index (κ3) is 3.53. The molecule has 9 heteroatoms. The van der Waals surface area contributed by atoms with Crippen molar-refractivity contribution in [3.05, 3.63) is 53.0 Å². The van der Waals surface area contributed by atoms with E-state index in [9.17, 15) is 12.8 Å². The van der Waals surface area contributed by atoms with Gasteiger partial charge in [0, 0.05) is 4.88 Å². The van der Waals surface area contributed by atoms with Crippen LogP contribution in [-0.4, -0.2) is 18.6 Å². The minimum Gasteiger partial charge on any atom is -0.419 e. The van der Waals surface area contributed by atoms with Gasteiger partial charge in [0.15, 0.2) is 0 Å². The van der Waals surface area contributed by atoms with Crippen molar-refractivity contribution in [3.8, 4) is 11.5 Å². The molecule has 0 aliphatic heterocycles. The fraction of sp³-hybridized carbons (Fsp3) is 0.200. The van der Waals surface area contributed by atoms with Crippen molar-refractivity contribution in [1.29, 1.82) is 0 Å². The summed E-state index contributed by atoms with van der Waals surface area (Å²) in [7, 11) is -3.64. The van der Waals surface area contributed by atoms with Gasteiger partial charge >= 0.3 is 0 Å². The Bertz CT molecular complexity index is 950. The van der Waals surface area contributed by atoms with Gasteiger partial charge in [-0.2, -0.15) is 0 Å². The number of nitrogens with zero attached hydrogens (tertiary/aromatic N) is 2. The summed E-state index contributed by atoms with van der Waals surface area (Å²) in [5, 5.41) is 7.49. The van der Waals surface area contributed by atoms with E-state index in [-0.39, 0.29) is 28.1 Å². The molecule has 1 aromatic carbocycles. The highest BCUT2D eigenvalue weighted by atomic mass is 32.2. The molecule has 0 spiro atoms. The minimum atomic E-state index is -3.64. The van der Waals surface area contributed by atoms with Crippen LogP contribution >= 0.6 is 11.3 Å². The Morgan fingerprint density at radius 1 is 1.21 bits per heavy atom. The predicted octanol–water partition coefficient (Wildman–Crippen LogP) is 2.98. The van der Waals surface area contributed by atoms with Crippen LogP contribution in [0.4, 0.5) is 4.39 Å². The first-order valence-corrected chi connectivity index (χ1v) is 9.45. The maximum atomic E-state index is 13.7. The Hall–Kier alpha value is -2.10. The van der Waals surface area contributed by atoms with Gasteiger partial charge in [-0.05, 0) is 30.7 Å². The number of hydrogen-bond donors (Lipinski definition) is 1. The number of hydrogen-bond acceptors (Lipinski definition) is 6. The normalized spacial score (nSPS) is 11.8. The van der Waals surface area contributed by atoms with Gasteiger partial charge in [0.2, 0.25) is 5.89 Å².